The average molecular weight is 460 g/mol. The Labute approximate surface area is 190 Å². The monoisotopic (exact) mass is 460 g/mol. The summed E-state index contributed by atoms with van der Waals surface area (Å²) in [6.07, 6.45) is -4.05. The second-order valence-electron chi connectivity index (χ2n) is 8.27. The average Bonchev–Trinajstić information content (AvgIpc) is 2.79. The third-order valence-corrected chi connectivity index (χ3v) is 5.11. The van der Waals surface area contributed by atoms with Gasteiger partial charge in [0.2, 0.25) is 5.78 Å². The van der Waals surface area contributed by atoms with Gasteiger partial charge >= 0.3 is 12.3 Å². The van der Waals surface area contributed by atoms with Crippen LogP contribution in [0.3, 0.4) is 0 Å². The highest BCUT2D eigenvalue weighted by molar-refractivity contribution is 6.01. The molecule has 0 bridgehead atoms. The predicted octanol–water partition coefficient (Wildman–Crippen LogP) is 7.06. The molecule has 0 fully saturated rings. The number of Topliss-reactive ketones (excluding diaryl/α,β-unsaturated/α-hetero) is 1. The van der Waals surface area contributed by atoms with Crippen molar-refractivity contribution < 1.29 is 31.8 Å². The first-order valence-electron chi connectivity index (χ1n) is 10.3. The molecule has 0 aliphatic carbocycles. The van der Waals surface area contributed by atoms with Crippen LogP contribution in [-0.2, 0) is 16.8 Å². The zero-order valence-corrected chi connectivity index (χ0v) is 18.2. The van der Waals surface area contributed by atoms with E-state index in [-0.39, 0.29) is 0 Å². The molecule has 0 aromatic heterocycles. The molecule has 3 rings (SSSR count). The fourth-order valence-electron chi connectivity index (χ4n) is 3.20. The number of ketones is 1. The van der Waals surface area contributed by atoms with E-state index in [0.717, 1.165) is 29.0 Å². The molecule has 0 aliphatic heterocycles. The molecule has 3 aromatic carbocycles. The maximum absolute atomic E-state index is 13.3. The first kappa shape index (κ1) is 24.5. The minimum atomic E-state index is -4.71. The highest BCUT2D eigenvalue weighted by Gasteiger charge is 2.49. The molecule has 0 N–H and O–H groups in total. The molecular formula is C26H24F4O3. The number of para-hydroxylation sites is 1. The van der Waals surface area contributed by atoms with Crippen molar-refractivity contribution in [3.05, 3.63) is 95.6 Å². The van der Waals surface area contributed by atoms with Gasteiger partial charge in [0.05, 0.1) is 13.2 Å². The van der Waals surface area contributed by atoms with E-state index in [9.17, 15) is 22.4 Å². The molecule has 7 heteroatoms. The first-order valence-corrected chi connectivity index (χ1v) is 10.3. The van der Waals surface area contributed by atoms with Gasteiger partial charge in [-0.3, -0.25) is 4.79 Å². The minimum Gasteiger partial charge on any atom is -0.457 e. The van der Waals surface area contributed by atoms with Gasteiger partial charge in [0, 0.05) is 11.0 Å². The van der Waals surface area contributed by atoms with Crippen molar-refractivity contribution in [3.63, 3.8) is 0 Å². The van der Waals surface area contributed by atoms with Gasteiger partial charge in [0.1, 0.15) is 11.5 Å². The van der Waals surface area contributed by atoms with Crippen molar-refractivity contribution in [1.82, 2.24) is 0 Å². The Morgan fingerprint density at radius 1 is 0.879 bits per heavy atom. The zero-order valence-electron chi connectivity index (χ0n) is 18.2. The van der Waals surface area contributed by atoms with Gasteiger partial charge in [0.15, 0.2) is 0 Å². The summed E-state index contributed by atoms with van der Waals surface area (Å²) in [5.41, 5.74) is 0.663. The fourth-order valence-corrected chi connectivity index (χ4v) is 3.20. The third kappa shape index (κ3) is 6.20. The summed E-state index contributed by atoms with van der Waals surface area (Å²) in [6.45, 7) is 4.42. The Kier molecular flexibility index (Phi) is 7.53. The van der Waals surface area contributed by atoms with Crippen molar-refractivity contribution in [2.24, 2.45) is 0 Å². The SMILES string of the molecule is CC(C)(COCc1cccc(Oc2ccccc2)c1)c1ccc(C(=O)C(F)(F)C(F)F)cc1. The van der Waals surface area contributed by atoms with Crippen LogP contribution in [0.15, 0.2) is 78.9 Å². The molecule has 0 atom stereocenters. The Morgan fingerprint density at radius 3 is 2.15 bits per heavy atom. The van der Waals surface area contributed by atoms with Crippen LogP contribution >= 0.6 is 0 Å². The van der Waals surface area contributed by atoms with Gasteiger partial charge in [-0.25, -0.2) is 8.78 Å². The number of hydrogen-bond acceptors (Lipinski definition) is 3. The van der Waals surface area contributed by atoms with E-state index in [0.29, 0.717) is 19.0 Å². The minimum absolute atomic E-state index is 0.303. The van der Waals surface area contributed by atoms with E-state index in [2.05, 4.69) is 0 Å². The van der Waals surface area contributed by atoms with Crippen LogP contribution in [0.2, 0.25) is 0 Å². The van der Waals surface area contributed by atoms with Crippen molar-refractivity contribution >= 4 is 5.78 Å². The molecule has 0 saturated heterocycles. The Balaban J connectivity index is 1.59. The normalized spacial score (nSPS) is 12.1. The summed E-state index contributed by atoms with van der Waals surface area (Å²) in [5, 5.41) is 0. The predicted molar refractivity (Wildman–Crippen MR) is 117 cm³/mol. The highest BCUT2D eigenvalue weighted by atomic mass is 19.3. The van der Waals surface area contributed by atoms with E-state index >= 15 is 0 Å². The lowest BCUT2D eigenvalue weighted by Crippen LogP contribution is -2.36. The van der Waals surface area contributed by atoms with Gasteiger partial charge in [-0.15, -0.1) is 0 Å². The summed E-state index contributed by atoms with van der Waals surface area (Å²) in [7, 11) is 0. The van der Waals surface area contributed by atoms with Crippen LogP contribution in [0.25, 0.3) is 0 Å². The lowest BCUT2D eigenvalue weighted by atomic mass is 9.85. The van der Waals surface area contributed by atoms with Crippen LogP contribution in [-0.4, -0.2) is 24.7 Å². The van der Waals surface area contributed by atoms with Crippen LogP contribution in [0, 0.1) is 0 Å². The van der Waals surface area contributed by atoms with Gasteiger partial charge in [-0.1, -0.05) is 68.4 Å². The topological polar surface area (TPSA) is 35.5 Å². The number of halogens is 4. The molecule has 0 unspecified atom stereocenters. The first-order chi connectivity index (χ1) is 15.6. The largest absolute Gasteiger partial charge is 0.457 e. The highest BCUT2D eigenvalue weighted by Crippen LogP contribution is 2.30. The van der Waals surface area contributed by atoms with E-state index in [1.54, 1.807) is 0 Å². The summed E-state index contributed by atoms with van der Waals surface area (Å²) in [4.78, 5) is 11.7. The van der Waals surface area contributed by atoms with Crippen LogP contribution in [0.4, 0.5) is 17.6 Å². The Morgan fingerprint density at radius 2 is 1.52 bits per heavy atom. The number of carbonyl (C=O) groups is 1. The second kappa shape index (κ2) is 10.2. The van der Waals surface area contributed by atoms with Crippen molar-refractivity contribution in [3.8, 4) is 11.5 Å². The van der Waals surface area contributed by atoms with Crippen molar-refractivity contribution in [2.45, 2.75) is 38.2 Å². The zero-order chi connectivity index (χ0) is 24.1. The Bertz CT molecular complexity index is 1060. The molecule has 0 radical (unpaired) electrons. The molecule has 0 aliphatic rings. The number of ether oxygens (including phenoxy) is 2. The van der Waals surface area contributed by atoms with Gasteiger partial charge in [0.25, 0.3) is 0 Å². The number of rotatable bonds is 10. The third-order valence-electron chi connectivity index (χ3n) is 5.11. The molecule has 0 amide bonds. The fraction of sp³-hybridized carbons (Fsp3) is 0.269. The summed E-state index contributed by atoms with van der Waals surface area (Å²) >= 11 is 0. The number of benzene rings is 3. The summed E-state index contributed by atoms with van der Waals surface area (Å²) in [5.74, 6) is -5.19. The van der Waals surface area contributed by atoms with Crippen LogP contribution in [0.5, 0.6) is 11.5 Å². The maximum atomic E-state index is 13.3. The molecule has 0 saturated carbocycles. The molecule has 3 aromatic rings. The molecule has 0 spiro atoms. The maximum Gasteiger partial charge on any atom is 0.368 e. The molecule has 174 valence electrons. The van der Waals surface area contributed by atoms with Gasteiger partial charge in [-0.05, 0) is 35.4 Å². The smallest absolute Gasteiger partial charge is 0.368 e. The number of hydrogen-bond donors (Lipinski definition) is 0. The van der Waals surface area contributed by atoms with E-state index in [1.807, 2.05) is 68.4 Å². The lowest BCUT2D eigenvalue weighted by molar-refractivity contribution is -0.0958. The molecule has 3 nitrogen and oxygen atoms in total. The second-order valence-corrected chi connectivity index (χ2v) is 8.27. The van der Waals surface area contributed by atoms with E-state index < -0.39 is 29.1 Å². The summed E-state index contributed by atoms with van der Waals surface area (Å²) < 4.78 is 63.2. The van der Waals surface area contributed by atoms with E-state index in [1.165, 1.54) is 12.1 Å². The number of alkyl halides is 4. The van der Waals surface area contributed by atoms with Gasteiger partial charge < -0.3 is 9.47 Å². The molecular weight excluding hydrogens is 436 g/mol. The standard InChI is InChI=1S/C26H24F4O3/c1-25(2,20-13-11-19(12-14-20)23(31)26(29,30)24(27)28)17-32-16-18-7-6-10-22(15-18)33-21-8-4-3-5-9-21/h3-15,24H,16-17H2,1-2H3. The lowest BCUT2D eigenvalue weighted by Gasteiger charge is -2.25. The quantitative estimate of drug-likeness (QED) is 0.240. The Hall–Kier alpha value is -3.19. The van der Waals surface area contributed by atoms with Crippen LogP contribution < -0.4 is 4.74 Å². The number of carbonyl (C=O) groups excluding carboxylic acids is 1. The molecule has 33 heavy (non-hydrogen) atoms. The van der Waals surface area contributed by atoms with E-state index in [4.69, 9.17) is 9.47 Å². The summed E-state index contributed by atoms with van der Waals surface area (Å²) in [6, 6.07) is 22.1. The van der Waals surface area contributed by atoms with Crippen molar-refractivity contribution in [1.29, 1.82) is 0 Å². The van der Waals surface area contributed by atoms with Crippen LogP contribution in [0.1, 0.15) is 35.3 Å². The van der Waals surface area contributed by atoms with Gasteiger partial charge in [-0.2, -0.15) is 8.78 Å². The van der Waals surface area contributed by atoms with Crippen molar-refractivity contribution in [2.75, 3.05) is 6.61 Å². The molecule has 0 heterocycles.